The van der Waals surface area contributed by atoms with Gasteiger partial charge in [-0.25, -0.2) is 4.79 Å². The summed E-state index contributed by atoms with van der Waals surface area (Å²) < 4.78 is 5.91. The monoisotopic (exact) mass is 1040 g/mol. The molecule has 12 N–H and O–H groups in total. The normalized spacial score (nSPS) is 24.9. The van der Waals surface area contributed by atoms with Crippen molar-refractivity contribution in [3.63, 3.8) is 0 Å². The van der Waals surface area contributed by atoms with Gasteiger partial charge in [-0.3, -0.25) is 38.4 Å². The van der Waals surface area contributed by atoms with Crippen LogP contribution < -0.4 is 32.3 Å². The van der Waals surface area contributed by atoms with Crippen LogP contribution in [-0.2, 0) is 67.2 Å². The number of likely N-dealkylation sites (N-methyl/N-ethyl adjacent to an activating group) is 1. The van der Waals surface area contributed by atoms with Crippen molar-refractivity contribution in [2.75, 3.05) is 7.05 Å². The highest BCUT2D eigenvalue weighted by Crippen LogP contribution is 2.25. The molecule has 2 heterocycles. The minimum absolute atomic E-state index is 0.0664. The van der Waals surface area contributed by atoms with Crippen molar-refractivity contribution in [2.24, 2.45) is 11.7 Å². The molecule has 0 saturated carbocycles. The SMILES string of the molecule is CC[C@H](C)[C@@H]1NC(=O)[C@H](Cc2ccccc2)N(C)C(=O)[C@H]([C@@H](C)O)N2C(=O)[C@H](CC[C@@H]2O)NC(=O)[C@H](Cc2ccc(O)cc2)NC(=O)[C@@H](NC(=O)[C@H](CCC(N)=O)NC(=O)[C@H](O)Cc2ccc(O)cc2)[C@@H](C)OC1=O. The van der Waals surface area contributed by atoms with Crippen LogP contribution in [0.5, 0.6) is 11.5 Å². The highest BCUT2D eigenvalue weighted by atomic mass is 16.5. The van der Waals surface area contributed by atoms with Crippen LogP contribution in [0.2, 0.25) is 0 Å². The molecule has 2 bridgehead atoms. The largest absolute Gasteiger partial charge is 0.508 e. The topological polar surface area (TPSA) is 357 Å². The van der Waals surface area contributed by atoms with E-state index in [1.807, 2.05) is 0 Å². The number of aromatic hydroxyl groups is 2. The summed E-state index contributed by atoms with van der Waals surface area (Å²) in [6.45, 7) is 5.79. The first kappa shape index (κ1) is 58.3. The maximum absolute atomic E-state index is 14.8. The van der Waals surface area contributed by atoms with E-state index in [9.17, 15) is 68.7 Å². The average Bonchev–Trinajstić information content (AvgIpc) is 3.37. The summed E-state index contributed by atoms with van der Waals surface area (Å²) >= 11 is 0. The molecule has 2 saturated heterocycles. The van der Waals surface area contributed by atoms with E-state index in [1.165, 1.54) is 69.4 Å². The van der Waals surface area contributed by atoms with Crippen molar-refractivity contribution in [3.05, 3.63) is 95.6 Å². The molecule has 23 nitrogen and oxygen atoms in total. The number of carbonyl (C=O) groups is 9. The van der Waals surface area contributed by atoms with Gasteiger partial charge in [0.1, 0.15) is 72.2 Å². The van der Waals surface area contributed by atoms with E-state index in [-0.39, 0.29) is 50.0 Å². The van der Waals surface area contributed by atoms with Gasteiger partial charge in [0.25, 0.3) is 0 Å². The Kier molecular flexibility index (Phi) is 20.6. The lowest BCUT2D eigenvalue weighted by molar-refractivity contribution is -0.170. The van der Waals surface area contributed by atoms with Gasteiger partial charge in [0.15, 0.2) is 0 Å². The van der Waals surface area contributed by atoms with Crippen LogP contribution in [0.4, 0.5) is 0 Å². The smallest absolute Gasteiger partial charge is 0.329 e. The molecule has 0 aliphatic carbocycles. The minimum atomic E-state index is -1.94. The number of nitrogens with zero attached hydrogens (tertiary/aromatic N) is 2. The third kappa shape index (κ3) is 15.7. The van der Waals surface area contributed by atoms with Crippen molar-refractivity contribution < 1.29 is 73.4 Å². The fourth-order valence-electron chi connectivity index (χ4n) is 8.80. The number of cyclic esters (lactones) is 1. The quantitative estimate of drug-likeness (QED) is 0.0742. The van der Waals surface area contributed by atoms with E-state index in [0.29, 0.717) is 16.7 Å². The highest BCUT2D eigenvalue weighted by molar-refractivity contribution is 5.99. The zero-order valence-electron chi connectivity index (χ0n) is 42.4. The standard InChI is InChI=1S/C52H68N8O15/c1-6-27(2)42-52(74)75-29(4)43(58-45(67)35(20-22-40(53)65)54-48(70)39(64)26-32-14-18-34(63)19-15-32)49(71)56-37(24-31-12-16-33(62)17-13-31)46(68)55-36-21-23-41(66)60(50(36)72)44(28(3)61)51(73)59(5)38(47(69)57-42)25-30-10-8-7-9-11-30/h7-19,27-29,35-39,41-44,61-64,66H,6,20-26H2,1-5H3,(H2,53,65)(H,54,70)(H,55,68)(H,56,71)(H,57,69)(H,58,67)/t27-,28+,29+,35-,36-,37-,38-,39+,41-,42-,43-,44-/m0/s1. The third-order valence-corrected chi connectivity index (χ3v) is 13.4. The van der Waals surface area contributed by atoms with Gasteiger partial charge in [-0.1, -0.05) is 74.9 Å². The van der Waals surface area contributed by atoms with Crippen molar-refractivity contribution in [2.45, 2.75) is 146 Å². The Hall–Kier alpha value is -7.63. The molecule has 3 aromatic carbocycles. The Balaban J connectivity index is 1.60. The van der Waals surface area contributed by atoms with Crippen LogP contribution >= 0.6 is 0 Å². The van der Waals surface area contributed by atoms with E-state index in [1.54, 1.807) is 44.2 Å². The fourth-order valence-corrected chi connectivity index (χ4v) is 8.80. The molecule has 5 rings (SSSR count). The van der Waals surface area contributed by atoms with E-state index in [2.05, 4.69) is 26.6 Å². The molecule has 75 heavy (non-hydrogen) atoms. The second kappa shape index (κ2) is 26.5. The van der Waals surface area contributed by atoms with Crippen molar-refractivity contribution in [1.82, 2.24) is 36.4 Å². The summed E-state index contributed by atoms with van der Waals surface area (Å²) in [5, 5.41) is 65.8. The van der Waals surface area contributed by atoms with Gasteiger partial charge < -0.3 is 72.4 Å². The van der Waals surface area contributed by atoms with Crippen LogP contribution in [0.15, 0.2) is 78.9 Å². The number of fused-ring (bicyclic) bond motifs is 2. The molecule has 2 fully saturated rings. The van der Waals surface area contributed by atoms with Crippen LogP contribution in [0.25, 0.3) is 0 Å². The molecule has 23 heteroatoms. The lowest BCUT2D eigenvalue weighted by Gasteiger charge is -2.43. The van der Waals surface area contributed by atoms with Gasteiger partial charge in [0, 0.05) is 32.7 Å². The molecule has 406 valence electrons. The first-order valence-corrected chi connectivity index (χ1v) is 24.7. The number of benzene rings is 3. The minimum Gasteiger partial charge on any atom is -0.508 e. The maximum Gasteiger partial charge on any atom is 0.329 e. The summed E-state index contributed by atoms with van der Waals surface area (Å²) in [4.78, 5) is 129. The van der Waals surface area contributed by atoms with E-state index < -0.39 is 139 Å². The zero-order valence-corrected chi connectivity index (χ0v) is 42.4. The van der Waals surface area contributed by atoms with Gasteiger partial charge in [-0.05, 0) is 80.0 Å². The van der Waals surface area contributed by atoms with Gasteiger partial charge in [-0.15, -0.1) is 0 Å². The number of nitrogens with two attached hydrogens (primary N) is 1. The first-order valence-electron chi connectivity index (χ1n) is 24.7. The van der Waals surface area contributed by atoms with E-state index in [0.717, 1.165) is 9.80 Å². The number of hydrogen-bond acceptors (Lipinski definition) is 15. The maximum atomic E-state index is 14.8. The molecule has 0 spiro atoms. The van der Waals surface area contributed by atoms with Gasteiger partial charge in [0.05, 0.1) is 6.10 Å². The van der Waals surface area contributed by atoms with Gasteiger partial charge >= 0.3 is 5.97 Å². The van der Waals surface area contributed by atoms with Crippen LogP contribution in [0.3, 0.4) is 0 Å². The average molecular weight is 1050 g/mol. The van der Waals surface area contributed by atoms with Gasteiger partial charge in [0.2, 0.25) is 47.3 Å². The molecule has 0 radical (unpaired) electrons. The summed E-state index contributed by atoms with van der Waals surface area (Å²) in [6, 6.07) is 8.22. The number of carbonyl (C=O) groups excluding carboxylic acids is 9. The molecular weight excluding hydrogens is 977 g/mol. The van der Waals surface area contributed by atoms with Crippen LogP contribution in [-0.4, -0.2) is 162 Å². The van der Waals surface area contributed by atoms with Crippen LogP contribution in [0.1, 0.15) is 76.5 Å². The lowest BCUT2D eigenvalue weighted by Crippen LogP contribution is -2.67. The number of piperidine rings is 1. The van der Waals surface area contributed by atoms with Crippen LogP contribution in [0, 0.1) is 5.92 Å². The zero-order chi connectivity index (χ0) is 55.3. The second-order valence-electron chi connectivity index (χ2n) is 19.1. The number of hydrogen-bond donors (Lipinski definition) is 11. The number of primary amides is 1. The number of aliphatic hydroxyl groups is 3. The Morgan fingerprint density at radius 1 is 0.773 bits per heavy atom. The summed E-state index contributed by atoms with van der Waals surface area (Å²) in [5.74, 6) is -10.1. The Morgan fingerprint density at radius 3 is 1.96 bits per heavy atom. The lowest BCUT2D eigenvalue weighted by atomic mass is 9.96. The number of phenols is 2. The summed E-state index contributed by atoms with van der Waals surface area (Å²) in [5.41, 5.74) is 6.80. The predicted molar refractivity (Wildman–Crippen MR) is 267 cm³/mol. The molecule has 8 amide bonds. The number of ether oxygens (including phenoxy) is 1. The van der Waals surface area contributed by atoms with E-state index in [4.69, 9.17) is 10.5 Å². The molecule has 12 atom stereocenters. The Morgan fingerprint density at radius 2 is 1.37 bits per heavy atom. The number of amides is 8. The van der Waals surface area contributed by atoms with Gasteiger partial charge in [-0.2, -0.15) is 0 Å². The molecule has 2 aliphatic rings. The second-order valence-corrected chi connectivity index (χ2v) is 19.1. The molecule has 0 aromatic heterocycles. The summed E-state index contributed by atoms with van der Waals surface area (Å²) in [6.07, 6.45) is -8.50. The third-order valence-electron chi connectivity index (χ3n) is 13.4. The number of nitrogens with one attached hydrogen (secondary N) is 5. The molecule has 2 aliphatic heterocycles. The number of phenolic OH excluding ortho intramolecular Hbond substituents is 2. The fraction of sp³-hybridized carbons (Fsp3) is 0.481. The summed E-state index contributed by atoms with van der Waals surface area (Å²) in [7, 11) is 1.26. The number of esters is 1. The Labute approximate surface area is 433 Å². The Bertz CT molecular complexity index is 2510. The molecule has 0 unspecified atom stereocenters. The predicted octanol–water partition coefficient (Wildman–Crippen LogP) is -1.32. The van der Waals surface area contributed by atoms with Crippen molar-refractivity contribution >= 4 is 53.2 Å². The van der Waals surface area contributed by atoms with Crippen molar-refractivity contribution in [3.8, 4) is 11.5 Å². The highest BCUT2D eigenvalue weighted by Gasteiger charge is 2.47. The molecular formula is C52H68N8O15. The number of aliphatic hydroxyl groups excluding tert-OH is 3. The van der Waals surface area contributed by atoms with Crippen molar-refractivity contribution in [1.29, 1.82) is 0 Å². The first-order chi connectivity index (χ1) is 35.5. The van der Waals surface area contributed by atoms with E-state index >= 15 is 0 Å². The number of rotatable bonds is 16. The molecule has 3 aromatic rings.